The van der Waals surface area contributed by atoms with Gasteiger partial charge in [-0.15, -0.1) is 0 Å². The van der Waals surface area contributed by atoms with Gasteiger partial charge in [0.15, 0.2) is 0 Å². The summed E-state index contributed by atoms with van der Waals surface area (Å²) in [4.78, 5) is 15.7. The number of sulfonamides is 1. The maximum atomic E-state index is 14.0. The summed E-state index contributed by atoms with van der Waals surface area (Å²) < 4.78 is 31.5. The molecule has 0 unspecified atom stereocenters. The standard InChI is InChI=1S/C28H37N3O3S/c1-22(2)19-30(20-26-14-9-17-29(26)3)28(32)21-31(25-12-5-4-6-13-25)35(33,34)27-16-15-23-10-7-8-11-24(23)18-27/h7-11,14-18,22,25H,4-6,12-13,19-21H2,1-3H3. The van der Waals surface area contributed by atoms with Crippen molar-refractivity contribution in [3.63, 3.8) is 0 Å². The fraction of sp³-hybridized carbons (Fsp3) is 0.464. The molecule has 0 bridgehead atoms. The highest BCUT2D eigenvalue weighted by molar-refractivity contribution is 7.89. The summed E-state index contributed by atoms with van der Waals surface area (Å²) in [5.74, 6) is 0.134. The zero-order chi connectivity index (χ0) is 25.0. The number of benzene rings is 2. The van der Waals surface area contributed by atoms with E-state index in [2.05, 4.69) is 13.8 Å². The smallest absolute Gasteiger partial charge is 0.243 e. The van der Waals surface area contributed by atoms with Crippen LogP contribution in [0.25, 0.3) is 10.8 Å². The number of aromatic nitrogens is 1. The fourth-order valence-corrected chi connectivity index (χ4v) is 6.70. The summed E-state index contributed by atoms with van der Waals surface area (Å²) in [6, 6.07) is 16.8. The van der Waals surface area contributed by atoms with Crippen molar-refractivity contribution in [2.24, 2.45) is 13.0 Å². The van der Waals surface area contributed by atoms with E-state index >= 15 is 0 Å². The Morgan fingerprint density at radius 1 is 1.00 bits per heavy atom. The molecule has 1 amide bonds. The van der Waals surface area contributed by atoms with Gasteiger partial charge in [0.1, 0.15) is 0 Å². The first-order chi connectivity index (χ1) is 16.8. The number of fused-ring (bicyclic) bond motifs is 1. The van der Waals surface area contributed by atoms with Gasteiger partial charge in [-0.1, -0.05) is 63.4 Å². The highest BCUT2D eigenvalue weighted by Crippen LogP contribution is 2.29. The second-order valence-corrected chi connectivity index (χ2v) is 12.0. The third-order valence-corrected chi connectivity index (χ3v) is 8.84. The topological polar surface area (TPSA) is 62.6 Å². The van der Waals surface area contributed by atoms with Crippen molar-refractivity contribution >= 4 is 26.7 Å². The number of aryl methyl sites for hydroxylation is 1. The Morgan fingerprint density at radius 2 is 1.71 bits per heavy atom. The maximum Gasteiger partial charge on any atom is 0.243 e. The highest BCUT2D eigenvalue weighted by Gasteiger charge is 2.35. The first-order valence-electron chi connectivity index (χ1n) is 12.6. The molecular weight excluding hydrogens is 458 g/mol. The molecule has 3 aromatic rings. The average Bonchev–Trinajstić information content (AvgIpc) is 3.26. The lowest BCUT2D eigenvalue weighted by atomic mass is 9.95. The van der Waals surface area contributed by atoms with Crippen LogP contribution in [0.1, 0.15) is 51.6 Å². The van der Waals surface area contributed by atoms with Crippen LogP contribution in [-0.4, -0.2) is 47.2 Å². The number of nitrogens with zero attached hydrogens (tertiary/aromatic N) is 3. The molecule has 1 saturated carbocycles. The van der Waals surface area contributed by atoms with Crippen molar-refractivity contribution in [2.75, 3.05) is 13.1 Å². The van der Waals surface area contributed by atoms with E-state index in [0.717, 1.165) is 48.6 Å². The minimum atomic E-state index is -3.84. The van der Waals surface area contributed by atoms with Crippen LogP contribution >= 0.6 is 0 Å². The van der Waals surface area contributed by atoms with Crippen LogP contribution in [0.2, 0.25) is 0 Å². The molecule has 1 heterocycles. The monoisotopic (exact) mass is 495 g/mol. The quantitative estimate of drug-likeness (QED) is 0.411. The zero-order valence-electron chi connectivity index (χ0n) is 21.1. The molecule has 188 valence electrons. The summed E-state index contributed by atoms with van der Waals surface area (Å²) in [7, 11) is -1.87. The van der Waals surface area contributed by atoms with Crippen molar-refractivity contribution in [1.29, 1.82) is 0 Å². The highest BCUT2D eigenvalue weighted by atomic mass is 32.2. The van der Waals surface area contributed by atoms with Gasteiger partial charge in [-0.3, -0.25) is 4.79 Å². The van der Waals surface area contributed by atoms with Crippen LogP contribution in [0, 0.1) is 5.92 Å². The zero-order valence-corrected chi connectivity index (χ0v) is 21.9. The molecule has 4 rings (SSSR count). The lowest BCUT2D eigenvalue weighted by Crippen LogP contribution is -2.48. The predicted molar refractivity (Wildman–Crippen MR) is 140 cm³/mol. The molecular formula is C28H37N3O3S. The summed E-state index contributed by atoms with van der Waals surface area (Å²) >= 11 is 0. The number of carbonyl (C=O) groups is 1. The SMILES string of the molecule is CC(C)CN(Cc1cccn1C)C(=O)CN(C1CCCCC1)S(=O)(=O)c1ccc2ccccc2c1. The minimum Gasteiger partial charge on any atom is -0.353 e. The minimum absolute atomic E-state index is 0.128. The number of rotatable bonds is 9. The van der Waals surface area contributed by atoms with Gasteiger partial charge in [0, 0.05) is 31.5 Å². The van der Waals surface area contributed by atoms with E-state index < -0.39 is 10.0 Å². The van der Waals surface area contributed by atoms with E-state index in [1.807, 2.05) is 65.2 Å². The van der Waals surface area contributed by atoms with Crippen LogP contribution in [0.4, 0.5) is 0 Å². The Labute approximate surface area is 209 Å². The van der Waals surface area contributed by atoms with Crippen molar-refractivity contribution in [3.8, 4) is 0 Å². The van der Waals surface area contributed by atoms with Gasteiger partial charge in [0.25, 0.3) is 0 Å². The van der Waals surface area contributed by atoms with E-state index in [1.54, 1.807) is 12.1 Å². The lowest BCUT2D eigenvalue weighted by Gasteiger charge is -2.35. The first-order valence-corrected chi connectivity index (χ1v) is 14.1. The van der Waals surface area contributed by atoms with Crippen molar-refractivity contribution in [3.05, 3.63) is 66.5 Å². The molecule has 2 aromatic carbocycles. The Bertz CT molecular complexity index is 1260. The van der Waals surface area contributed by atoms with E-state index in [0.29, 0.717) is 13.1 Å². The summed E-state index contributed by atoms with van der Waals surface area (Å²) in [5.41, 5.74) is 1.03. The third kappa shape index (κ3) is 5.96. The molecule has 0 saturated heterocycles. The lowest BCUT2D eigenvalue weighted by molar-refractivity contribution is -0.133. The molecule has 6 nitrogen and oxygen atoms in total. The second-order valence-electron chi connectivity index (χ2n) is 10.1. The predicted octanol–water partition coefficient (Wildman–Crippen LogP) is 5.19. The van der Waals surface area contributed by atoms with E-state index in [4.69, 9.17) is 0 Å². The van der Waals surface area contributed by atoms with Gasteiger partial charge >= 0.3 is 0 Å². The molecule has 0 spiro atoms. The Hall–Kier alpha value is -2.64. The molecule has 0 atom stereocenters. The van der Waals surface area contributed by atoms with Crippen molar-refractivity contribution in [1.82, 2.24) is 13.8 Å². The Balaban J connectivity index is 1.65. The molecule has 35 heavy (non-hydrogen) atoms. The van der Waals surface area contributed by atoms with E-state index in [1.165, 1.54) is 4.31 Å². The summed E-state index contributed by atoms with van der Waals surface area (Å²) in [6.07, 6.45) is 6.64. The summed E-state index contributed by atoms with van der Waals surface area (Å²) in [5, 5.41) is 1.88. The van der Waals surface area contributed by atoms with E-state index in [9.17, 15) is 13.2 Å². The number of hydrogen-bond acceptors (Lipinski definition) is 3. The van der Waals surface area contributed by atoms with Gasteiger partial charge in [0.05, 0.1) is 18.0 Å². The molecule has 0 aliphatic heterocycles. The number of amides is 1. The second kappa shape index (κ2) is 11.0. The number of carbonyl (C=O) groups excluding carboxylic acids is 1. The largest absolute Gasteiger partial charge is 0.353 e. The van der Waals surface area contributed by atoms with Crippen LogP contribution in [0.3, 0.4) is 0 Å². The molecule has 1 aliphatic rings. The molecule has 1 aliphatic carbocycles. The van der Waals surface area contributed by atoms with Crippen LogP contribution in [0.5, 0.6) is 0 Å². The van der Waals surface area contributed by atoms with Crippen LogP contribution < -0.4 is 0 Å². The molecule has 0 radical (unpaired) electrons. The first kappa shape index (κ1) is 25.5. The third-order valence-electron chi connectivity index (χ3n) is 6.94. The van der Waals surface area contributed by atoms with Gasteiger partial charge in [-0.05, 0) is 53.8 Å². The van der Waals surface area contributed by atoms with Gasteiger partial charge in [0.2, 0.25) is 15.9 Å². The molecule has 1 fully saturated rings. The average molecular weight is 496 g/mol. The van der Waals surface area contributed by atoms with Gasteiger partial charge in [-0.25, -0.2) is 8.42 Å². The number of hydrogen-bond donors (Lipinski definition) is 0. The van der Waals surface area contributed by atoms with Gasteiger partial charge in [-0.2, -0.15) is 4.31 Å². The van der Waals surface area contributed by atoms with Crippen molar-refractivity contribution in [2.45, 2.75) is 63.4 Å². The van der Waals surface area contributed by atoms with Crippen LogP contribution in [-0.2, 0) is 28.4 Å². The van der Waals surface area contributed by atoms with E-state index in [-0.39, 0.29) is 29.3 Å². The van der Waals surface area contributed by atoms with Crippen molar-refractivity contribution < 1.29 is 13.2 Å². The molecule has 1 aromatic heterocycles. The summed E-state index contributed by atoms with van der Waals surface area (Å²) in [6.45, 7) is 5.08. The Morgan fingerprint density at radius 3 is 2.37 bits per heavy atom. The van der Waals surface area contributed by atoms with Gasteiger partial charge < -0.3 is 9.47 Å². The van der Waals surface area contributed by atoms with Crippen LogP contribution in [0.15, 0.2) is 65.7 Å². The maximum absolute atomic E-state index is 14.0. The Kier molecular flexibility index (Phi) is 7.97. The fourth-order valence-electron chi connectivity index (χ4n) is 5.03. The normalized spacial score (nSPS) is 15.2. The molecule has 0 N–H and O–H groups in total. The molecule has 7 heteroatoms.